The maximum atomic E-state index is 12.4. The lowest BCUT2D eigenvalue weighted by Crippen LogP contribution is -2.46. The molecule has 0 saturated carbocycles. The van der Waals surface area contributed by atoms with Crippen LogP contribution >= 0.6 is 15.9 Å². The molecule has 0 aliphatic carbocycles. The van der Waals surface area contributed by atoms with Gasteiger partial charge >= 0.3 is 0 Å². The topological polar surface area (TPSA) is 30.0 Å². The van der Waals surface area contributed by atoms with Crippen molar-refractivity contribution < 1.29 is 5.11 Å². The van der Waals surface area contributed by atoms with Gasteiger partial charge < -0.3 is 14.9 Å². The maximum Gasteiger partial charge on any atom is 0.117 e. The normalized spacial score (nSPS) is 15.5. The average Bonchev–Trinajstić information content (AvgIpc) is 3.05. The molecule has 0 radical (unpaired) electrons. The summed E-state index contributed by atoms with van der Waals surface area (Å²) < 4.78 is 0.933. The lowest BCUT2D eigenvalue weighted by molar-refractivity contribution is 0.0623. The second-order valence-electron chi connectivity index (χ2n) is 12.4. The molecule has 5 aromatic rings. The summed E-state index contributed by atoms with van der Waals surface area (Å²) in [6.07, 6.45) is 1.48. The van der Waals surface area contributed by atoms with Crippen LogP contribution < -0.4 is 4.90 Å². The summed E-state index contributed by atoms with van der Waals surface area (Å²) in [4.78, 5) is 7.26. The van der Waals surface area contributed by atoms with E-state index in [4.69, 9.17) is 0 Å². The smallest absolute Gasteiger partial charge is 0.117 e. The predicted octanol–water partition coefficient (Wildman–Crippen LogP) is 7.70. The number of fused-ring (bicyclic) bond motifs is 1. The van der Waals surface area contributed by atoms with Gasteiger partial charge in [0.25, 0.3) is 0 Å². The van der Waals surface area contributed by atoms with Crippen LogP contribution in [0.4, 0.5) is 5.69 Å². The molecule has 226 valence electrons. The highest BCUT2D eigenvalue weighted by molar-refractivity contribution is 9.10. The molecule has 1 aliphatic rings. The SMILES string of the molecule is CN(C)CCC(O)(c1ccccc1)c1cc2cc(N3CCN(Cc4ccccc4)CC3)c(Cc3ccccc3)cc2cc1Br. The molecule has 1 unspecified atom stereocenters. The fourth-order valence-electron chi connectivity index (χ4n) is 6.45. The van der Waals surface area contributed by atoms with Crippen molar-refractivity contribution in [2.75, 3.05) is 51.7 Å². The van der Waals surface area contributed by atoms with Crippen LogP contribution in [0.1, 0.15) is 34.2 Å². The van der Waals surface area contributed by atoms with E-state index in [9.17, 15) is 5.11 Å². The van der Waals surface area contributed by atoms with Gasteiger partial charge in [0.1, 0.15) is 5.60 Å². The number of halogens is 1. The molecule has 0 bridgehead atoms. The Labute approximate surface area is 270 Å². The third-order valence-electron chi connectivity index (χ3n) is 8.94. The third-order valence-corrected chi connectivity index (χ3v) is 9.60. The Balaban J connectivity index is 1.38. The van der Waals surface area contributed by atoms with Gasteiger partial charge in [-0.25, -0.2) is 0 Å². The molecular weight excluding hydrogens is 606 g/mol. The first-order valence-corrected chi connectivity index (χ1v) is 16.4. The van der Waals surface area contributed by atoms with Crippen molar-refractivity contribution in [3.05, 3.63) is 148 Å². The zero-order chi connectivity index (χ0) is 30.5. The summed E-state index contributed by atoms with van der Waals surface area (Å²) in [7, 11) is 4.11. The van der Waals surface area contributed by atoms with E-state index in [1.165, 1.54) is 27.8 Å². The van der Waals surface area contributed by atoms with Crippen LogP contribution in [0.3, 0.4) is 0 Å². The largest absolute Gasteiger partial charge is 0.380 e. The number of rotatable bonds is 10. The Morgan fingerprint density at radius 3 is 1.95 bits per heavy atom. The molecule has 6 rings (SSSR count). The fourth-order valence-corrected chi connectivity index (χ4v) is 7.14. The Morgan fingerprint density at radius 1 is 0.727 bits per heavy atom. The molecule has 1 aliphatic heterocycles. The molecule has 0 spiro atoms. The summed E-state index contributed by atoms with van der Waals surface area (Å²) >= 11 is 3.89. The number of benzene rings is 5. The van der Waals surface area contributed by atoms with Gasteiger partial charge in [-0.2, -0.15) is 0 Å². The second kappa shape index (κ2) is 13.7. The summed E-state index contributed by atoms with van der Waals surface area (Å²) in [6, 6.07) is 40.8. The summed E-state index contributed by atoms with van der Waals surface area (Å²) in [5.41, 5.74) is 6.02. The first kappa shape index (κ1) is 30.5. The van der Waals surface area contributed by atoms with Crippen LogP contribution in [-0.4, -0.2) is 61.7 Å². The molecule has 1 atom stereocenters. The molecule has 44 heavy (non-hydrogen) atoms. The molecule has 1 fully saturated rings. The Bertz CT molecular complexity index is 1670. The number of nitrogens with zero attached hydrogens (tertiary/aromatic N) is 3. The Hall–Kier alpha value is -3.48. The van der Waals surface area contributed by atoms with Crippen molar-refractivity contribution in [1.29, 1.82) is 0 Å². The maximum absolute atomic E-state index is 12.4. The summed E-state index contributed by atoms with van der Waals surface area (Å²) in [6.45, 7) is 5.79. The second-order valence-corrected chi connectivity index (χ2v) is 13.2. The zero-order valence-electron chi connectivity index (χ0n) is 25.8. The standard InChI is InChI=1S/C39H42BrN3O/c1-41(2)19-18-39(44,35-16-10-5-11-17-35)36-26-33-28-38(43-22-20-42(21-23-43)29-31-14-8-4-9-15-31)34(25-32(33)27-37(36)40)24-30-12-6-3-7-13-30/h3-17,25-28,44H,18-24,29H2,1-2H3. The zero-order valence-corrected chi connectivity index (χ0v) is 27.4. The molecule has 1 heterocycles. The highest BCUT2D eigenvalue weighted by atomic mass is 79.9. The van der Waals surface area contributed by atoms with Crippen LogP contribution in [-0.2, 0) is 18.6 Å². The van der Waals surface area contributed by atoms with Gasteiger partial charge in [-0.05, 0) is 84.2 Å². The lowest BCUT2D eigenvalue weighted by atomic mass is 9.82. The number of aliphatic hydroxyl groups is 1. The van der Waals surface area contributed by atoms with Gasteiger partial charge in [0.2, 0.25) is 0 Å². The number of hydrogen-bond donors (Lipinski definition) is 1. The van der Waals surface area contributed by atoms with E-state index in [0.717, 1.165) is 66.7 Å². The van der Waals surface area contributed by atoms with Crippen molar-refractivity contribution in [2.24, 2.45) is 0 Å². The van der Waals surface area contributed by atoms with Gasteiger partial charge in [-0.3, -0.25) is 4.90 Å². The minimum Gasteiger partial charge on any atom is -0.380 e. The van der Waals surface area contributed by atoms with Crippen molar-refractivity contribution in [3.8, 4) is 0 Å². The highest BCUT2D eigenvalue weighted by Crippen LogP contribution is 2.41. The van der Waals surface area contributed by atoms with E-state index < -0.39 is 5.60 Å². The van der Waals surface area contributed by atoms with E-state index in [-0.39, 0.29) is 0 Å². The number of hydrogen-bond acceptors (Lipinski definition) is 4. The van der Waals surface area contributed by atoms with Crippen LogP contribution in [0.25, 0.3) is 10.8 Å². The van der Waals surface area contributed by atoms with E-state index >= 15 is 0 Å². The van der Waals surface area contributed by atoms with E-state index in [0.29, 0.717) is 6.42 Å². The van der Waals surface area contributed by atoms with Crippen molar-refractivity contribution in [3.63, 3.8) is 0 Å². The van der Waals surface area contributed by atoms with E-state index in [2.05, 4.69) is 130 Å². The molecule has 1 saturated heterocycles. The molecule has 0 amide bonds. The molecule has 1 N–H and O–H groups in total. The first-order valence-electron chi connectivity index (χ1n) is 15.6. The summed E-state index contributed by atoms with van der Waals surface area (Å²) in [5, 5.41) is 14.7. The predicted molar refractivity (Wildman–Crippen MR) is 187 cm³/mol. The van der Waals surface area contributed by atoms with Gasteiger partial charge in [0.05, 0.1) is 0 Å². The van der Waals surface area contributed by atoms with Crippen molar-refractivity contribution in [1.82, 2.24) is 9.80 Å². The quantitative estimate of drug-likeness (QED) is 0.168. The van der Waals surface area contributed by atoms with Crippen molar-refractivity contribution in [2.45, 2.75) is 25.0 Å². The fraction of sp³-hybridized carbons (Fsp3) is 0.282. The first-order chi connectivity index (χ1) is 21.4. The van der Waals surface area contributed by atoms with Crippen molar-refractivity contribution >= 4 is 32.4 Å². The van der Waals surface area contributed by atoms with E-state index in [1.807, 2.05) is 30.3 Å². The Morgan fingerprint density at radius 2 is 1.32 bits per heavy atom. The van der Waals surface area contributed by atoms with E-state index in [1.54, 1.807) is 0 Å². The molecule has 0 aromatic heterocycles. The van der Waals surface area contributed by atoms with Gasteiger partial charge in [-0.15, -0.1) is 0 Å². The minimum absolute atomic E-state index is 0.594. The van der Waals surface area contributed by atoms with Gasteiger partial charge in [-0.1, -0.05) is 107 Å². The van der Waals surface area contributed by atoms with Crippen LogP contribution in [0, 0.1) is 0 Å². The lowest BCUT2D eigenvalue weighted by Gasteiger charge is -2.37. The molecule has 5 heteroatoms. The highest BCUT2D eigenvalue weighted by Gasteiger charge is 2.34. The van der Waals surface area contributed by atoms with Crippen LogP contribution in [0.5, 0.6) is 0 Å². The molecule has 5 aromatic carbocycles. The third kappa shape index (κ3) is 6.92. The van der Waals surface area contributed by atoms with Gasteiger partial charge in [0.15, 0.2) is 0 Å². The van der Waals surface area contributed by atoms with Crippen LogP contribution in [0.2, 0.25) is 0 Å². The molecule has 4 nitrogen and oxygen atoms in total. The minimum atomic E-state index is -1.12. The summed E-state index contributed by atoms with van der Waals surface area (Å²) in [5.74, 6) is 0. The monoisotopic (exact) mass is 647 g/mol. The number of anilines is 1. The average molecular weight is 649 g/mol. The van der Waals surface area contributed by atoms with Gasteiger partial charge in [0, 0.05) is 55.0 Å². The molecular formula is C39H42BrN3O. The van der Waals surface area contributed by atoms with Crippen LogP contribution in [0.15, 0.2) is 120 Å². The number of piperazine rings is 1. The Kier molecular flexibility index (Phi) is 9.48.